The van der Waals surface area contributed by atoms with Crippen molar-refractivity contribution in [1.82, 2.24) is 9.55 Å². The zero-order chi connectivity index (χ0) is 9.42. The van der Waals surface area contributed by atoms with E-state index in [1.807, 2.05) is 0 Å². The molecule has 2 aromatic rings. The van der Waals surface area contributed by atoms with Crippen molar-refractivity contribution >= 4 is 11.0 Å². The van der Waals surface area contributed by atoms with Crippen molar-refractivity contribution in [2.75, 3.05) is 0 Å². The smallest absolute Gasteiger partial charge is 0.305 e. The van der Waals surface area contributed by atoms with Crippen molar-refractivity contribution in [1.29, 1.82) is 0 Å². The molecule has 0 spiro atoms. The van der Waals surface area contributed by atoms with Crippen LogP contribution in [0.5, 0.6) is 0 Å². The van der Waals surface area contributed by atoms with Gasteiger partial charge < -0.3 is 4.98 Å². The van der Waals surface area contributed by atoms with E-state index in [4.69, 9.17) is 0 Å². The number of H-pyrrole nitrogens is 1. The molecule has 0 saturated heterocycles. The van der Waals surface area contributed by atoms with Gasteiger partial charge in [0.1, 0.15) is 0 Å². The van der Waals surface area contributed by atoms with Crippen LogP contribution in [0.4, 0.5) is 8.78 Å². The van der Waals surface area contributed by atoms with Crippen molar-refractivity contribution in [3.05, 3.63) is 34.7 Å². The van der Waals surface area contributed by atoms with E-state index in [-0.39, 0.29) is 5.52 Å². The molecule has 0 radical (unpaired) electrons. The Hall–Kier alpha value is -1.65. The van der Waals surface area contributed by atoms with Gasteiger partial charge in [-0.05, 0) is 12.1 Å². The number of hydrogen-bond donors (Lipinski definition) is 1. The number of benzene rings is 1. The Balaban J connectivity index is 2.87. The number of hydrogen-bond acceptors (Lipinski definition) is 1. The van der Waals surface area contributed by atoms with Gasteiger partial charge in [-0.3, -0.25) is 0 Å². The molecule has 0 unspecified atom stereocenters. The third kappa shape index (κ3) is 1.12. The summed E-state index contributed by atoms with van der Waals surface area (Å²) in [5.41, 5.74) is -0.133. The van der Waals surface area contributed by atoms with Gasteiger partial charge in [-0.25, -0.2) is 9.36 Å². The molecule has 5 heteroatoms. The highest BCUT2D eigenvalue weighted by atomic mass is 19.3. The first-order chi connectivity index (χ1) is 6.20. The molecule has 0 saturated carbocycles. The molecule has 13 heavy (non-hydrogen) atoms. The maximum Gasteiger partial charge on any atom is 0.330 e. The Bertz CT molecular complexity index is 486. The third-order valence-electron chi connectivity index (χ3n) is 1.82. The molecule has 3 nitrogen and oxygen atoms in total. The average molecular weight is 184 g/mol. The lowest BCUT2D eigenvalue weighted by Gasteiger charge is -1.98. The van der Waals surface area contributed by atoms with E-state index in [1.165, 1.54) is 6.07 Å². The summed E-state index contributed by atoms with van der Waals surface area (Å²) in [6.45, 7) is -2.80. The lowest BCUT2D eigenvalue weighted by Crippen LogP contribution is -2.16. The maximum absolute atomic E-state index is 12.3. The van der Waals surface area contributed by atoms with E-state index >= 15 is 0 Å². The van der Waals surface area contributed by atoms with E-state index in [9.17, 15) is 13.6 Å². The number of para-hydroxylation sites is 2. The first-order valence-electron chi connectivity index (χ1n) is 3.67. The number of aromatic nitrogens is 2. The van der Waals surface area contributed by atoms with Crippen LogP contribution < -0.4 is 5.69 Å². The van der Waals surface area contributed by atoms with E-state index < -0.39 is 12.2 Å². The predicted molar refractivity (Wildman–Crippen MR) is 43.8 cm³/mol. The van der Waals surface area contributed by atoms with E-state index in [1.54, 1.807) is 18.2 Å². The SMILES string of the molecule is O=c1[nH]c2ccccc2n1C(F)F. The molecule has 0 bridgehead atoms. The monoisotopic (exact) mass is 184 g/mol. The van der Waals surface area contributed by atoms with Crippen molar-refractivity contribution < 1.29 is 8.78 Å². The lowest BCUT2D eigenvalue weighted by molar-refractivity contribution is 0.0713. The zero-order valence-electron chi connectivity index (χ0n) is 6.50. The minimum absolute atomic E-state index is 0.225. The molecular formula is C8H6F2N2O. The second-order valence-corrected chi connectivity index (χ2v) is 2.59. The highest BCUT2D eigenvalue weighted by molar-refractivity contribution is 5.74. The van der Waals surface area contributed by atoms with Gasteiger partial charge in [0.25, 0.3) is 0 Å². The molecule has 2 rings (SSSR count). The van der Waals surface area contributed by atoms with Crippen LogP contribution in [0, 0.1) is 0 Å². The molecule has 0 amide bonds. The molecule has 0 aliphatic rings. The van der Waals surface area contributed by atoms with Crippen molar-refractivity contribution in [2.24, 2.45) is 0 Å². The van der Waals surface area contributed by atoms with Gasteiger partial charge in [0, 0.05) is 0 Å². The Labute approximate surface area is 71.6 Å². The number of imidazole rings is 1. The fourth-order valence-corrected chi connectivity index (χ4v) is 1.27. The summed E-state index contributed by atoms with van der Waals surface area (Å²) in [5, 5.41) is 0. The van der Waals surface area contributed by atoms with Gasteiger partial charge in [-0.15, -0.1) is 0 Å². The number of nitrogens with zero attached hydrogens (tertiary/aromatic N) is 1. The topological polar surface area (TPSA) is 37.8 Å². The van der Waals surface area contributed by atoms with Gasteiger partial charge >= 0.3 is 12.2 Å². The van der Waals surface area contributed by atoms with Crippen LogP contribution >= 0.6 is 0 Å². The second kappa shape index (κ2) is 2.69. The molecule has 0 aliphatic carbocycles. The summed E-state index contributed by atoms with van der Waals surface area (Å²) in [7, 11) is 0. The molecule has 0 aliphatic heterocycles. The fourth-order valence-electron chi connectivity index (χ4n) is 1.27. The number of alkyl halides is 2. The minimum atomic E-state index is -2.80. The number of rotatable bonds is 1. The summed E-state index contributed by atoms with van der Waals surface area (Å²) in [5.74, 6) is 0. The van der Waals surface area contributed by atoms with E-state index in [0.717, 1.165) is 0 Å². The fraction of sp³-hybridized carbons (Fsp3) is 0.125. The summed E-state index contributed by atoms with van der Waals surface area (Å²) in [6, 6.07) is 6.33. The first-order valence-corrected chi connectivity index (χ1v) is 3.67. The van der Waals surface area contributed by atoms with Crippen LogP contribution in [0.15, 0.2) is 29.1 Å². The van der Waals surface area contributed by atoms with Crippen molar-refractivity contribution in [3.63, 3.8) is 0 Å². The van der Waals surface area contributed by atoms with Gasteiger partial charge in [0.15, 0.2) is 0 Å². The van der Waals surface area contributed by atoms with Crippen LogP contribution in [0.2, 0.25) is 0 Å². The highest BCUT2D eigenvalue weighted by Gasteiger charge is 2.13. The lowest BCUT2D eigenvalue weighted by atomic mass is 10.3. The maximum atomic E-state index is 12.3. The highest BCUT2D eigenvalue weighted by Crippen LogP contribution is 2.15. The van der Waals surface area contributed by atoms with Crippen LogP contribution in [0.25, 0.3) is 11.0 Å². The zero-order valence-corrected chi connectivity index (χ0v) is 6.50. The molecule has 68 valence electrons. The summed E-state index contributed by atoms with van der Waals surface area (Å²) < 4.78 is 25.1. The van der Waals surface area contributed by atoms with Crippen LogP contribution in [-0.4, -0.2) is 9.55 Å². The van der Waals surface area contributed by atoms with Crippen molar-refractivity contribution in [3.8, 4) is 0 Å². The minimum Gasteiger partial charge on any atom is -0.305 e. The number of nitrogens with one attached hydrogen (secondary N) is 1. The third-order valence-corrected chi connectivity index (χ3v) is 1.82. The largest absolute Gasteiger partial charge is 0.330 e. The normalized spacial score (nSPS) is 11.3. The Morgan fingerprint density at radius 2 is 2.00 bits per heavy atom. The summed E-state index contributed by atoms with van der Waals surface area (Å²) >= 11 is 0. The predicted octanol–water partition coefficient (Wildman–Crippen LogP) is 1.72. The molecular weight excluding hydrogens is 178 g/mol. The summed E-state index contributed by atoms with van der Waals surface area (Å²) in [4.78, 5) is 13.3. The van der Waals surface area contributed by atoms with Crippen LogP contribution in [0.1, 0.15) is 6.55 Å². The van der Waals surface area contributed by atoms with Crippen LogP contribution in [0.3, 0.4) is 0 Å². The molecule has 0 fully saturated rings. The second-order valence-electron chi connectivity index (χ2n) is 2.59. The van der Waals surface area contributed by atoms with E-state index in [0.29, 0.717) is 10.1 Å². The van der Waals surface area contributed by atoms with Crippen molar-refractivity contribution in [2.45, 2.75) is 6.55 Å². The Morgan fingerprint density at radius 1 is 1.31 bits per heavy atom. The summed E-state index contributed by atoms with van der Waals surface area (Å²) in [6.07, 6.45) is 0. The molecule has 1 heterocycles. The molecule has 1 aromatic carbocycles. The van der Waals surface area contributed by atoms with Gasteiger partial charge in [-0.1, -0.05) is 12.1 Å². The first kappa shape index (κ1) is 7.97. The molecule has 1 aromatic heterocycles. The molecule has 0 atom stereocenters. The van der Waals surface area contributed by atoms with Gasteiger partial charge in [0.05, 0.1) is 11.0 Å². The number of halogens is 2. The van der Waals surface area contributed by atoms with E-state index in [2.05, 4.69) is 4.98 Å². The average Bonchev–Trinajstić information content (AvgIpc) is 2.39. The van der Waals surface area contributed by atoms with Crippen LogP contribution in [-0.2, 0) is 0 Å². The number of aromatic amines is 1. The molecule has 1 N–H and O–H groups in total. The Kier molecular flexibility index (Phi) is 1.65. The standard InChI is InChI=1S/C8H6F2N2O/c9-7(10)12-6-4-2-1-3-5(6)11-8(12)13/h1-4,7H,(H,11,13). The van der Waals surface area contributed by atoms with Gasteiger partial charge in [-0.2, -0.15) is 8.78 Å². The quantitative estimate of drug-likeness (QED) is 0.719. The van der Waals surface area contributed by atoms with Gasteiger partial charge in [0.2, 0.25) is 0 Å². The number of fused-ring (bicyclic) bond motifs is 1. The Morgan fingerprint density at radius 3 is 2.69 bits per heavy atom.